The van der Waals surface area contributed by atoms with Crippen LogP contribution in [0.15, 0.2) is 41.3 Å². The molecule has 1 fully saturated rings. The third kappa shape index (κ3) is 3.42. The first-order valence-corrected chi connectivity index (χ1v) is 11.4. The molecule has 0 aromatic heterocycles. The van der Waals surface area contributed by atoms with E-state index in [4.69, 9.17) is 4.74 Å². The number of imide groups is 1. The second-order valence-electron chi connectivity index (χ2n) is 7.75. The second-order valence-corrected chi connectivity index (χ2v) is 9.43. The van der Waals surface area contributed by atoms with Gasteiger partial charge in [0.1, 0.15) is 11.8 Å². The predicted molar refractivity (Wildman–Crippen MR) is 109 cm³/mol. The summed E-state index contributed by atoms with van der Waals surface area (Å²) in [7, 11) is -3.82. The molecule has 2 N–H and O–H groups in total. The third-order valence-electron chi connectivity index (χ3n) is 5.75. The third-order valence-corrected chi connectivity index (χ3v) is 7.13. The van der Waals surface area contributed by atoms with E-state index in [1.807, 2.05) is 0 Å². The number of hydrogen-bond acceptors (Lipinski definition) is 6. The minimum atomic E-state index is -3.82. The van der Waals surface area contributed by atoms with Crippen molar-refractivity contribution in [1.82, 2.24) is 10.2 Å². The summed E-state index contributed by atoms with van der Waals surface area (Å²) in [4.78, 5) is 37.9. The summed E-state index contributed by atoms with van der Waals surface area (Å²) in [5.41, 5.74) is 2.22. The number of anilines is 1. The van der Waals surface area contributed by atoms with Crippen LogP contribution in [0.1, 0.15) is 34.3 Å². The first-order valence-electron chi connectivity index (χ1n) is 9.88. The van der Waals surface area contributed by atoms with Crippen molar-refractivity contribution < 1.29 is 27.5 Å². The highest BCUT2D eigenvalue weighted by molar-refractivity contribution is 7.92. The number of rotatable bonds is 4. The highest BCUT2D eigenvalue weighted by atomic mass is 32.2. The van der Waals surface area contributed by atoms with Gasteiger partial charge in [0, 0.05) is 30.6 Å². The number of piperidine rings is 1. The molecule has 9 nitrogen and oxygen atoms in total. The number of benzene rings is 2. The van der Waals surface area contributed by atoms with Gasteiger partial charge in [-0.1, -0.05) is 0 Å². The second kappa shape index (κ2) is 7.09. The molecule has 2 aromatic rings. The number of nitrogens with one attached hydrogen (secondary N) is 2. The number of amides is 3. The van der Waals surface area contributed by atoms with Crippen LogP contribution in [0.5, 0.6) is 5.75 Å². The zero-order chi connectivity index (χ0) is 21.8. The summed E-state index contributed by atoms with van der Waals surface area (Å²) in [6.07, 6.45) is 1.11. The Morgan fingerprint density at radius 3 is 2.68 bits per heavy atom. The fraction of sp³-hybridized carbons (Fsp3) is 0.286. The first-order chi connectivity index (χ1) is 14.8. The normalized spacial score (nSPS) is 20.2. The molecule has 31 heavy (non-hydrogen) atoms. The number of hydrogen-bond donors (Lipinski definition) is 2. The molecule has 1 atom stereocenters. The molecule has 3 amide bonds. The Bertz CT molecular complexity index is 1240. The van der Waals surface area contributed by atoms with Gasteiger partial charge in [0.05, 0.1) is 11.5 Å². The number of nitrogens with zero attached hydrogens (tertiary/aromatic N) is 1. The van der Waals surface area contributed by atoms with Crippen LogP contribution < -0.4 is 14.8 Å². The molecule has 3 aliphatic heterocycles. The number of carbonyl (C=O) groups excluding carboxylic acids is 3. The van der Waals surface area contributed by atoms with Crippen molar-refractivity contribution in [3.05, 3.63) is 53.1 Å². The number of ether oxygens (including phenoxy) is 1. The topological polar surface area (TPSA) is 122 Å². The SMILES string of the molecule is O=C1CCC(N2Cc3cc(NS(=O)(=O)c4ccc5c(c4)CCO5)ccc3C2=O)C(=O)N1. The van der Waals surface area contributed by atoms with Crippen LogP contribution in [-0.4, -0.2) is 43.7 Å². The minimum absolute atomic E-state index is 0.137. The van der Waals surface area contributed by atoms with Gasteiger partial charge in [-0.25, -0.2) is 8.42 Å². The lowest BCUT2D eigenvalue weighted by Crippen LogP contribution is -2.52. The molecule has 0 spiro atoms. The average molecular weight is 441 g/mol. The van der Waals surface area contributed by atoms with E-state index in [2.05, 4.69) is 10.0 Å². The first kappa shape index (κ1) is 19.6. The van der Waals surface area contributed by atoms with Crippen LogP contribution in [0.3, 0.4) is 0 Å². The molecule has 10 heteroatoms. The molecule has 2 aromatic carbocycles. The summed E-state index contributed by atoms with van der Waals surface area (Å²) in [6, 6.07) is 8.71. The van der Waals surface area contributed by atoms with Crippen molar-refractivity contribution in [1.29, 1.82) is 0 Å². The maximum Gasteiger partial charge on any atom is 0.261 e. The van der Waals surface area contributed by atoms with Gasteiger partial charge in [0.25, 0.3) is 15.9 Å². The lowest BCUT2D eigenvalue weighted by atomic mass is 10.0. The van der Waals surface area contributed by atoms with Gasteiger partial charge in [-0.2, -0.15) is 0 Å². The quantitative estimate of drug-likeness (QED) is 0.688. The molecule has 160 valence electrons. The van der Waals surface area contributed by atoms with Crippen LogP contribution in [0, 0.1) is 0 Å². The molecular formula is C21H19N3O6S. The van der Waals surface area contributed by atoms with E-state index in [1.165, 1.54) is 17.0 Å². The van der Waals surface area contributed by atoms with Crippen molar-refractivity contribution in [2.75, 3.05) is 11.3 Å². The summed E-state index contributed by atoms with van der Waals surface area (Å²) < 4.78 is 33.7. The zero-order valence-electron chi connectivity index (χ0n) is 16.4. The van der Waals surface area contributed by atoms with E-state index in [9.17, 15) is 22.8 Å². The highest BCUT2D eigenvalue weighted by Gasteiger charge is 2.39. The van der Waals surface area contributed by atoms with Crippen molar-refractivity contribution >= 4 is 33.4 Å². The number of fused-ring (bicyclic) bond motifs is 2. The minimum Gasteiger partial charge on any atom is -0.493 e. The summed E-state index contributed by atoms with van der Waals surface area (Å²) in [6.45, 7) is 0.709. The molecule has 0 bridgehead atoms. The molecule has 0 saturated carbocycles. The Morgan fingerprint density at radius 1 is 1.03 bits per heavy atom. The van der Waals surface area contributed by atoms with E-state index in [-0.39, 0.29) is 36.1 Å². The van der Waals surface area contributed by atoms with Crippen molar-refractivity contribution in [2.45, 2.75) is 36.7 Å². The van der Waals surface area contributed by atoms with Gasteiger partial charge in [-0.05, 0) is 53.9 Å². The summed E-state index contributed by atoms with van der Waals surface area (Å²) in [5.74, 6) is -0.444. The van der Waals surface area contributed by atoms with E-state index in [1.54, 1.807) is 24.3 Å². The zero-order valence-corrected chi connectivity index (χ0v) is 17.2. The Balaban J connectivity index is 1.37. The number of carbonyl (C=O) groups is 3. The number of sulfonamides is 1. The molecule has 3 heterocycles. The van der Waals surface area contributed by atoms with Crippen molar-refractivity contribution in [3.8, 4) is 5.75 Å². The summed E-state index contributed by atoms with van der Waals surface area (Å²) in [5, 5.41) is 2.26. The fourth-order valence-electron chi connectivity index (χ4n) is 4.18. The van der Waals surface area contributed by atoms with Crippen LogP contribution in [0.25, 0.3) is 0 Å². The van der Waals surface area contributed by atoms with Crippen LogP contribution in [0.4, 0.5) is 5.69 Å². The molecular weight excluding hydrogens is 422 g/mol. The van der Waals surface area contributed by atoms with Gasteiger partial charge < -0.3 is 9.64 Å². The van der Waals surface area contributed by atoms with Crippen molar-refractivity contribution in [3.63, 3.8) is 0 Å². The van der Waals surface area contributed by atoms with E-state index < -0.39 is 22.0 Å². The average Bonchev–Trinajstić information content (AvgIpc) is 3.31. The van der Waals surface area contributed by atoms with Gasteiger partial charge >= 0.3 is 0 Å². The predicted octanol–water partition coefficient (Wildman–Crippen LogP) is 1.18. The monoisotopic (exact) mass is 441 g/mol. The summed E-state index contributed by atoms with van der Waals surface area (Å²) >= 11 is 0. The highest BCUT2D eigenvalue weighted by Crippen LogP contribution is 2.31. The standard InChI is InChI=1S/C21H19N3O6S/c25-19-6-4-17(20(26)22-19)24-11-13-9-14(1-3-16(13)21(24)27)23-31(28,29)15-2-5-18-12(10-15)7-8-30-18/h1-3,5,9-10,17,23H,4,6-8,11H2,(H,22,25,26). The maximum atomic E-state index is 12.8. The van der Waals surface area contributed by atoms with E-state index in [0.29, 0.717) is 35.6 Å². The molecule has 5 rings (SSSR count). The van der Waals surface area contributed by atoms with Crippen molar-refractivity contribution in [2.24, 2.45) is 0 Å². The van der Waals surface area contributed by atoms with E-state index >= 15 is 0 Å². The van der Waals surface area contributed by atoms with Gasteiger partial charge in [0.2, 0.25) is 11.8 Å². The molecule has 0 radical (unpaired) electrons. The molecule has 3 aliphatic rings. The lowest BCUT2D eigenvalue weighted by molar-refractivity contribution is -0.136. The Kier molecular flexibility index (Phi) is 4.47. The Labute approximate surface area is 178 Å². The van der Waals surface area contributed by atoms with Crippen LogP contribution >= 0.6 is 0 Å². The molecule has 1 saturated heterocycles. The molecule has 1 unspecified atom stereocenters. The largest absolute Gasteiger partial charge is 0.493 e. The fourth-order valence-corrected chi connectivity index (χ4v) is 5.28. The van der Waals surface area contributed by atoms with Gasteiger partial charge in [-0.15, -0.1) is 0 Å². The maximum absolute atomic E-state index is 12.8. The lowest BCUT2D eigenvalue weighted by Gasteiger charge is -2.29. The van der Waals surface area contributed by atoms with Gasteiger partial charge in [-0.3, -0.25) is 24.4 Å². The molecule has 0 aliphatic carbocycles. The Hall–Kier alpha value is -3.40. The van der Waals surface area contributed by atoms with Crippen LogP contribution in [-0.2, 0) is 32.6 Å². The van der Waals surface area contributed by atoms with Gasteiger partial charge in [0.15, 0.2) is 0 Å². The van der Waals surface area contributed by atoms with Crippen LogP contribution in [0.2, 0.25) is 0 Å². The van der Waals surface area contributed by atoms with E-state index in [0.717, 1.165) is 5.56 Å². The Morgan fingerprint density at radius 2 is 1.87 bits per heavy atom. The smallest absolute Gasteiger partial charge is 0.261 e.